The van der Waals surface area contributed by atoms with Crippen molar-refractivity contribution >= 4 is 31.2 Å². The quantitative estimate of drug-likeness (QED) is 0.499. The lowest BCUT2D eigenvalue weighted by Gasteiger charge is -2.19. The molecule has 0 bridgehead atoms. The van der Waals surface area contributed by atoms with Crippen LogP contribution in [0, 0.1) is 5.82 Å². The number of halogens is 1. The van der Waals surface area contributed by atoms with E-state index in [1.807, 2.05) is 0 Å². The molecule has 0 unspecified atom stereocenters. The van der Waals surface area contributed by atoms with Gasteiger partial charge in [-0.2, -0.15) is 0 Å². The number of sulfonamides is 1. The van der Waals surface area contributed by atoms with Crippen LogP contribution in [0.15, 0.2) is 69.1 Å². The summed E-state index contributed by atoms with van der Waals surface area (Å²) in [5, 5.41) is 0.345. The maximum absolute atomic E-state index is 13.4. The Morgan fingerprint density at radius 2 is 1.71 bits per heavy atom. The van der Waals surface area contributed by atoms with Gasteiger partial charge in [0.1, 0.15) is 31.7 Å². The molecule has 31 heavy (non-hydrogen) atoms. The highest BCUT2D eigenvalue weighted by molar-refractivity contribution is 7.93. The molecular weight excluding hydrogens is 465 g/mol. The van der Waals surface area contributed by atoms with Gasteiger partial charge in [0.05, 0.1) is 14.2 Å². The van der Waals surface area contributed by atoms with E-state index in [0.717, 1.165) is 23.5 Å². The van der Waals surface area contributed by atoms with Gasteiger partial charge in [-0.05, 0) is 41.3 Å². The first-order valence-electron chi connectivity index (χ1n) is 8.93. The molecular formula is C20H20FNO6S3. The predicted molar refractivity (Wildman–Crippen MR) is 115 cm³/mol. The van der Waals surface area contributed by atoms with E-state index in [9.17, 15) is 21.2 Å². The molecule has 0 aliphatic heterocycles. The minimum atomic E-state index is -4.17. The van der Waals surface area contributed by atoms with Crippen LogP contribution in [0.1, 0.15) is 10.8 Å². The molecule has 0 saturated heterocycles. The van der Waals surface area contributed by atoms with Crippen molar-refractivity contribution in [2.75, 3.05) is 20.8 Å². The topological polar surface area (TPSA) is 98.8 Å². The van der Waals surface area contributed by atoms with Crippen LogP contribution in [-0.2, 0) is 19.9 Å². The number of benzene rings is 2. The maximum atomic E-state index is 13.4. The molecule has 0 spiro atoms. The van der Waals surface area contributed by atoms with Gasteiger partial charge in [0, 0.05) is 12.6 Å². The summed E-state index contributed by atoms with van der Waals surface area (Å²) in [6.07, 6.45) is 0. The molecule has 0 amide bonds. The Hall–Kier alpha value is -2.47. The monoisotopic (exact) mass is 485 g/mol. The fourth-order valence-corrected chi connectivity index (χ4v) is 7.11. The van der Waals surface area contributed by atoms with Crippen molar-refractivity contribution in [1.29, 1.82) is 0 Å². The van der Waals surface area contributed by atoms with E-state index in [1.54, 1.807) is 17.5 Å². The predicted octanol–water partition coefficient (Wildman–Crippen LogP) is 3.40. The number of hydrogen-bond donors (Lipinski definition) is 1. The fraction of sp³-hybridized carbons (Fsp3) is 0.200. The maximum Gasteiger partial charge on any atom is 0.244 e. The van der Waals surface area contributed by atoms with Gasteiger partial charge in [-0.15, -0.1) is 11.3 Å². The Labute approximate surface area is 184 Å². The van der Waals surface area contributed by atoms with Crippen molar-refractivity contribution in [2.45, 2.75) is 14.4 Å². The highest BCUT2D eigenvalue weighted by Crippen LogP contribution is 2.33. The average molecular weight is 486 g/mol. The zero-order valence-electron chi connectivity index (χ0n) is 16.6. The normalized spacial score (nSPS) is 13.0. The fourth-order valence-electron chi connectivity index (χ4n) is 2.91. The second-order valence-electron chi connectivity index (χ2n) is 6.39. The lowest BCUT2D eigenvalue weighted by Crippen LogP contribution is -2.32. The van der Waals surface area contributed by atoms with Gasteiger partial charge in [0.15, 0.2) is 9.84 Å². The Bertz CT molecular complexity index is 1240. The summed E-state index contributed by atoms with van der Waals surface area (Å²) in [4.78, 5) is -0.194. The van der Waals surface area contributed by atoms with Crippen molar-refractivity contribution in [2.24, 2.45) is 0 Å². The van der Waals surface area contributed by atoms with Gasteiger partial charge >= 0.3 is 0 Å². The van der Waals surface area contributed by atoms with Crippen LogP contribution >= 0.6 is 11.3 Å². The first-order chi connectivity index (χ1) is 14.7. The van der Waals surface area contributed by atoms with E-state index in [1.165, 1.54) is 44.6 Å². The summed E-state index contributed by atoms with van der Waals surface area (Å²) in [5.74, 6) is -0.159. The molecule has 0 radical (unpaired) electrons. The third-order valence-corrected chi connectivity index (χ3v) is 9.49. The molecule has 7 nitrogen and oxygen atoms in total. The highest BCUT2D eigenvalue weighted by atomic mass is 32.2. The van der Waals surface area contributed by atoms with Crippen LogP contribution in [0.2, 0.25) is 0 Å². The van der Waals surface area contributed by atoms with E-state index in [4.69, 9.17) is 9.47 Å². The number of methoxy groups -OCH3 is 2. The molecule has 11 heteroatoms. The number of sulfone groups is 1. The second-order valence-corrected chi connectivity index (χ2v) is 11.4. The van der Waals surface area contributed by atoms with Crippen LogP contribution < -0.4 is 14.2 Å². The van der Waals surface area contributed by atoms with Gasteiger partial charge in [-0.25, -0.2) is 25.9 Å². The molecule has 1 aromatic heterocycles. The van der Waals surface area contributed by atoms with Crippen molar-refractivity contribution in [3.8, 4) is 11.5 Å². The minimum absolute atomic E-state index is 0.0766. The van der Waals surface area contributed by atoms with Crippen molar-refractivity contribution in [3.05, 3.63) is 71.4 Å². The molecule has 3 rings (SSSR count). The molecule has 2 aromatic carbocycles. The van der Waals surface area contributed by atoms with Crippen molar-refractivity contribution < 1.29 is 30.7 Å². The van der Waals surface area contributed by atoms with Gasteiger partial charge in [-0.3, -0.25) is 0 Å². The molecule has 166 valence electrons. The molecule has 3 aromatic rings. The molecule has 1 atom stereocenters. The Morgan fingerprint density at radius 1 is 1.00 bits per heavy atom. The summed E-state index contributed by atoms with van der Waals surface area (Å²) >= 11 is 1.02. The van der Waals surface area contributed by atoms with Gasteiger partial charge < -0.3 is 9.47 Å². The highest BCUT2D eigenvalue weighted by Gasteiger charge is 2.32. The van der Waals surface area contributed by atoms with Crippen LogP contribution in [-0.4, -0.2) is 37.6 Å². The number of ether oxygens (including phenoxy) is 2. The number of rotatable bonds is 9. The number of thiophene rings is 1. The van der Waals surface area contributed by atoms with Crippen LogP contribution in [0.5, 0.6) is 11.5 Å². The third-order valence-electron chi connectivity index (χ3n) is 4.51. The Morgan fingerprint density at radius 3 is 2.29 bits per heavy atom. The molecule has 0 fully saturated rings. The lowest BCUT2D eigenvalue weighted by molar-refractivity contribution is 0.392. The largest absolute Gasteiger partial charge is 0.497 e. The summed E-state index contributed by atoms with van der Waals surface area (Å²) in [7, 11) is -5.39. The second kappa shape index (κ2) is 9.35. The minimum Gasteiger partial charge on any atom is -0.497 e. The third kappa shape index (κ3) is 5.06. The summed E-state index contributed by atoms with van der Waals surface area (Å²) in [6.45, 7) is -0.464. The van der Waals surface area contributed by atoms with E-state index in [-0.39, 0.29) is 20.4 Å². The zero-order chi connectivity index (χ0) is 22.6. The van der Waals surface area contributed by atoms with E-state index in [0.29, 0.717) is 5.75 Å². The smallest absolute Gasteiger partial charge is 0.244 e. The average Bonchev–Trinajstić information content (AvgIpc) is 3.30. The number of hydrogen-bond acceptors (Lipinski definition) is 7. The summed E-state index contributed by atoms with van der Waals surface area (Å²) < 4.78 is 78.4. The summed E-state index contributed by atoms with van der Waals surface area (Å²) in [5.41, 5.74) is 0.259. The standard InChI is InChI=1S/C20H20FNO6S3/c1-27-16-9-10-17(28-2)18(12-16)31(25,26)22-13-19(14-5-7-15(21)8-6-14)30(23,24)20-4-3-11-29-20/h3-12,19,22H,13H2,1-2H3/t19-/m0/s1. The van der Waals surface area contributed by atoms with Gasteiger partial charge in [0.25, 0.3) is 0 Å². The van der Waals surface area contributed by atoms with Crippen LogP contribution in [0.3, 0.4) is 0 Å². The van der Waals surface area contributed by atoms with Crippen molar-refractivity contribution in [1.82, 2.24) is 4.72 Å². The molecule has 0 saturated carbocycles. The van der Waals surface area contributed by atoms with E-state index >= 15 is 0 Å². The molecule has 0 aliphatic carbocycles. The van der Waals surface area contributed by atoms with Gasteiger partial charge in [-0.1, -0.05) is 18.2 Å². The molecule has 1 N–H and O–H groups in total. The zero-order valence-corrected chi connectivity index (χ0v) is 19.1. The first-order valence-corrected chi connectivity index (χ1v) is 12.8. The van der Waals surface area contributed by atoms with E-state index in [2.05, 4.69) is 4.72 Å². The van der Waals surface area contributed by atoms with Crippen LogP contribution in [0.25, 0.3) is 0 Å². The Kier molecular flexibility index (Phi) is 6.99. The lowest BCUT2D eigenvalue weighted by atomic mass is 10.1. The van der Waals surface area contributed by atoms with Gasteiger partial charge in [0.2, 0.25) is 10.0 Å². The van der Waals surface area contributed by atoms with Crippen LogP contribution in [0.4, 0.5) is 4.39 Å². The van der Waals surface area contributed by atoms with Crippen molar-refractivity contribution in [3.63, 3.8) is 0 Å². The Balaban J connectivity index is 1.98. The first kappa shape index (κ1) is 23.2. The molecule has 0 aliphatic rings. The number of nitrogens with one attached hydrogen (secondary N) is 1. The van der Waals surface area contributed by atoms with E-state index < -0.39 is 37.5 Å². The summed E-state index contributed by atoms with van der Waals surface area (Å²) in [6, 6.07) is 12.2. The molecule has 1 heterocycles. The SMILES string of the molecule is COc1ccc(OC)c(S(=O)(=O)NC[C@@H](c2ccc(F)cc2)S(=O)(=O)c2cccs2)c1.